The minimum Gasteiger partial charge on any atom is -0.352 e. The molecule has 0 radical (unpaired) electrons. The third-order valence-electron chi connectivity index (χ3n) is 3.41. The van der Waals surface area contributed by atoms with Gasteiger partial charge in [0.05, 0.1) is 0 Å². The Bertz CT molecular complexity index is 217. The Morgan fingerprint density at radius 3 is 2.62 bits per heavy atom. The predicted octanol–water partition coefficient (Wildman–Crippen LogP) is 1.62. The third-order valence-corrected chi connectivity index (χ3v) is 4.25. The van der Waals surface area contributed by atoms with Crippen molar-refractivity contribution in [3.8, 4) is 0 Å². The third kappa shape index (κ3) is 3.98. The van der Waals surface area contributed by atoms with Crippen LogP contribution < -0.4 is 11.1 Å². The van der Waals surface area contributed by atoms with Crippen LogP contribution in [0.5, 0.6) is 0 Å². The topological polar surface area (TPSA) is 55.1 Å². The molecule has 1 aliphatic carbocycles. The van der Waals surface area contributed by atoms with E-state index in [-0.39, 0.29) is 17.9 Å². The van der Waals surface area contributed by atoms with E-state index >= 15 is 0 Å². The van der Waals surface area contributed by atoms with Crippen LogP contribution in [0.25, 0.3) is 0 Å². The molecule has 0 heterocycles. The number of carbonyl (C=O) groups is 1. The molecule has 2 unspecified atom stereocenters. The molecule has 2 atom stereocenters. The molecule has 0 aliphatic heterocycles. The van der Waals surface area contributed by atoms with Gasteiger partial charge in [0.2, 0.25) is 5.91 Å². The van der Waals surface area contributed by atoms with Crippen molar-refractivity contribution in [2.24, 2.45) is 17.6 Å². The summed E-state index contributed by atoms with van der Waals surface area (Å²) in [7, 11) is 0. The minimum absolute atomic E-state index is 0.0884. The normalized spacial score (nSPS) is 20.7. The van der Waals surface area contributed by atoms with Crippen LogP contribution in [-0.4, -0.2) is 30.5 Å². The first kappa shape index (κ1) is 13.8. The van der Waals surface area contributed by atoms with E-state index in [4.69, 9.17) is 5.73 Å². The maximum atomic E-state index is 11.9. The van der Waals surface area contributed by atoms with Crippen LogP contribution in [-0.2, 0) is 4.79 Å². The first-order valence-corrected chi connectivity index (χ1v) is 7.57. The summed E-state index contributed by atoms with van der Waals surface area (Å²) in [6, 6.07) is 0.194. The Hall–Kier alpha value is -0.220. The van der Waals surface area contributed by atoms with Gasteiger partial charge in [-0.1, -0.05) is 19.8 Å². The number of carbonyl (C=O) groups excluding carboxylic acids is 1. The molecule has 3 nitrogen and oxygen atoms in total. The van der Waals surface area contributed by atoms with Crippen molar-refractivity contribution in [1.82, 2.24) is 5.32 Å². The van der Waals surface area contributed by atoms with Crippen LogP contribution in [0.15, 0.2) is 0 Å². The van der Waals surface area contributed by atoms with E-state index in [1.807, 2.05) is 13.2 Å². The lowest BCUT2D eigenvalue weighted by Gasteiger charge is -2.24. The molecule has 1 aliphatic rings. The second kappa shape index (κ2) is 7.17. The smallest absolute Gasteiger partial charge is 0.223 e. The van der Waals surface area contributed by atoms with Crippen molar-refractivity contribution < 1.29 is 4.79 Å². The van der Waals surface area contributed by atoms with Crippen molar-refractivity contribution in [2.75, 3.05) is 18.6 Å². The lowest BCUT2D eigenvalue weighted by atomic mass is 9.97. The van der Waals surface area contributed by atoms with E-state index in [9.17, 15) is 4.79 Å². The van der Waals surface area contributed by atoms with Gasteiger partial charge in [0.1, 0.15) is 0 Å². The van der Waals surface area contributed by atoms with Crippen molar-refractivity contribution in [3.63, 3.8) is 0 Å². The summed E-state index contributed by atoms with van der Waals surface area (Å²) < 4.78 is 0. The van der Waals surface area contributed by atoms with Gasteiger partial charge >= 0.3 is 0 Å². The molecule has 94 valence electrons. The van der Waals surface area contributed by atoms with Crippen LogP contribution in [0, 0.1) is 11.8 Å². The zero-order chi connectivity index (χ0) is 12.0. The summed E-state index contributed by atoms with van der Waals surface area (Å²) in [5, 5.41) is 3.12. The average Bonchev–Trinajstić information content (AvgIpc) is 2.79. The summed E-state index contributed by atoms with van der Waals surface area (Å²) in [5.41, 5.74) is 5.76. The van der Waals surface area contributed by atoms with Crippen molar-refractivity contribution in [2.45, 2.75) is 38.6 Å². The van der Waals surface area contributed by atoms with E-state index in [2.05, 4.69) is 5.32 Å². The standard InChI is InChI=1S/C12H24N2OS/c1-9(8-16-2)12(15)14-11(7-13)10-5-3-4-6-10/h9-11H,3-8,13H2,1-2H3,(H,14,15). The van der Waals surface area contributed by atoms with Crippen LogP contribution in [0.2, 0.25) is 0 Å². The van der Waals surface area contributed by atoms with Crippen molar-refractivity contribution in [1.29, 1.82) is 0 Å². The van der Waals surface area contributed by atoms with Gasteiger partial charge in [-0.25, -0.2) is 0 Å². The highest BCUT2D eigenvalue weighted by molar-refractivity contribution is 7.98. The molecule has 0 aromatic carbocycles. The summed E-state index contributed by atoms with van der Waals surface area (Å²) >= 11 is 1.71. The minimum atomic E-state index is 0.0884. The van der Waals surface area contributed by atoms with Crippen LogP contribution >= 0.6 is 11.8 Å². The largest absolute Gasteiger partial charge is 0.352 e. The van der Waals surface area contributed by atoms with Gasteiger partial charge < -0.3 is 11.1 Å². The lowest BCUT2D eigenvalue weighted by Crippen LogP contribution is -2.46. The van der Waals surface area contributed by atoms with Gasteiger partial charge in [0.25, 0.3) is 0 Å². The van der Waals surface area contributed by atoms with E-state index in [1.165, 1.54) is 25.7 Å². The molecular weight excluding hydrogens is 220 g/mol. The number of hydrogen-bond acceptors (Lipinski definition) is 3. The Morgan fingerprint density at radius 1 is 1.50 bits per heavy atom. The number of rotatable bonds is 6. The first-order chi connectivity index (χ1) is 7.69. The summed E-state index contributed by atoms with van der Waals surface area (Å²) in [6.07, 6.45) is 7.05. The lowest BCUT2D eigenvalue weighted by molar-refractivity contribution is -0.124. The van der Waals surface area contributed by atoms with E-state index in [0.29, 0.717) is 12.5 Å². The molecular formula is C12H24N2OS. The van der Waals surface area contributed by atoms with Gasteiger partial charge in [-0.15, -0.1) is 0 Å². The van der Waals surface area contributed by atoms with Crippen LogP contribution in [0.3, 0.4) is 0 Å². The second-order valence-electron chi connectivity index (χ2n) is 4.75. The molecule has 1 fully saturated rings. The number of hydrogen-bond donors (Lipinski definition) is 2. The zero-order valence-corrected chi connectivity index (χ0v) is 11.2. The van der Waals surface area contributed by atoms with E-state index in [1.54, 1.807) is 11.8 Å². The molecule has 16 heavy (non-hydrogen) atoms. The molecule has 4 heteroatoms. The fourth-order valence-electron chi connectivity index (χ4n) is 2.38. The molecule has 3 N–H and O–H groups in total. The zero-order valence-electron chi connectivity index (χ0n) is 10.4. The number of amides is 1. The fourth-order valence-corrected chi connectivity index (χ4v) is 3.03. The summed E-state index contributed by atoms with van der Waals surface area (Å²) in [4.78, 5) is 11.9. The van der Waals surface area contributed by atoms with Crippen LogP contribution in [0.1, 0.15) is 32.6 Å². The molecule has 0 spiro atoms. The van der Waals surface area contributed by atoms with E-state index in [0.717, 1.165) is 5.75 Å². The Kier molecular flexibility index (Phi) is 6.21. The quantitative estimate of drug-likeness (QED) is 0.746. The molecule has 0 aromatic rings. The Morgan fingerprint density at radius 2 is 2.12 bits per heavy atom. The molecule has 0 saturated heterocycles. The molecule has 1 saturated carbocycles. The van der Waals surface area contributed by atoms with Gasteiger partial charge in [0, 0.05) is 24.3 Å². The van der Waals surface area contributed by atoms with E-state index < -0.39 is 0 Å². The number of nitrogens with two attached hydrogens (primary N) is 1. The SMILES string of the molecule is CSCC(C)C(=O)NC(CN)C1CCCC1. The van der Waals surface area contributed by atoms with Crippen molar-refractivity contribution in [3.05, 3.63) is 0 Å². The first-order valence-electron chi connectivity index (χ1n) is 6.18. The van der Waals surface area contributed by atoms with Gasteiger partial charge in [-0.2, -0.15) is 11.8 Å². The highest BCUT2D eigenvalue weighted by atomic mass is 32.2. The van der Waals surface area contributed by atoms with Gasteiger partial charge in [0.15, 0.2) is 0 Å². The molecule has 0 bridgehead atoms. The van der Waals surface area contributed by atoms with Crippen LogP contribution in [0.4, 0.5) is 0 Å². The molecule has 0 aromatic heterocycles. The van der Waals surface area contributed by atoms with Crippen molar-refractivity contribution >= 4 is 17.7 Å². The number of thioether (sulfide) groups is 1. The fraction of sp³-hybridized carbons (Fsp3) is 0.917. The molecule has 1 amide bonds. The maximum Gasteiger partial charge on any atom is 0.223 e. The second-order valence-corrected chi connectivity index (χ2v) is 5.66. The highest BCUT2D eigenvalue weighted by Gasteiger charge is 2.26. The predicted molar refractivity (Wildman–Crippen MR) is 70.5 cm³/mol. The summed E-state index contributed by atoms with van der Waals surface area (Å²) in [5.74, 6) is 1.74. The molecule has 1 rings (SSSR count). The Labute approximate surface area is 103 Å². The Balaban J connectivity index is 2.39. The highest BCUT2D eigenvalue weighted by Crippen LogP contribution is 2.27. The maximum absolute atomic E-state index is 11.9. The summed E-state index contributed by atoms with van der Waals surface area (Å²) in [6.45, 7) is 2.55. The van der Waals surface area contributed by atoms with Gasteiger partial charge in [-0.3, -0.25) is 4.79 Å². The van der Waals surface area contributed by atoms with Gasteiger partial charge in [-0.05, 0) is 25.0 Å². The average molecular weight is 244 g/mol. The monoisotopic (exact) mass is 244 g/mol. The number of nitrogens with one attached hydrogen (secondary N) is 1.